The van der Waals surface area contributed by atoms with Crippen LogP contribution in [0.1, 0.15) is 64.8 Å². The molecular formula is C19H24N2O3. The van der Waals surface area contributed by atoms with Crippen molar-refractivity contribution in [2.75, 3.05) is 0 Å². The first kappa shape index (κ1) is 15.5. The van der Waals surface area contributed by atoms with E-state index in [9.17, 15) is 14.7 Å². The minimum absolute atomic E-state index is 0.103. The van der Waals surface area contributed by atoms with Crippen LogP contribution in [0.15, 0.2) is 12.1 Å². The summed E-state index contributed by atoms with van der Waals surface area (Å²) in [5.41, 5.74) is 6.03. The molecule has 4 saturated carbocycles. The summed E-state index contributed by atoms with van der Waals surface area (Å²) in [6, 6.07) is 3.02. The van der Waals surface area contributed by atoms with Gasteiger partial charge in [-0.1, -0.05) is 0 Å². The van der Waals surface area contributed by atoms with Crippen molar-refractivity contribution >= 4 is 11.8 Å². The second kappa shape index (κ2) is 5.23. The first-order valence-corrected chi connectivity index (χ1v) is 8.82. The van der Waals surface area contributed by atoms with Crippen LogP contribution in [0.2, 0.25) is 0 Å². The number of phenols is 1. The number of nitrogens with two attached hydrogens (primary N) is 1. The Morgan fingerprint density at radius 1 is 1.08 bits per heavy atom. The van der Waals surface area contributed by atoms with Crippen LogP contribution >= 0.6 is 0 Å². The average Bonchev–Trinajstić information content (AvgIpc) is 2.47. The molecule has 5 rings (SSSR count). The topological polar surface area (TPSA) is 92.4 Å². The lowest BCUT2D eigenvalue weighted by atomic mass is 9.53. The Hall–Kier alpha value is -2.04. The summed E-state index contributed by atoms with van der Waals surface area (Å²) in [6.07, 6.45) is 7.12. The van der Waals surface area contributed by atoms with Gasteiger partial charge in [0.1, 0.15) is 5.75 Å². The van der Waals surface area contributed by atoms with E-state index in [0.29, 0.717) is 5.56 Å². The fourth-order valence-corrected chi connectivity index (χ4v) is 5.72. The smallest absolute Gasteiger partial charge is 0.255 e. The van der Waals surface area contributed by atoms with Crippen molar-refractivity contribution < 1.29 is 14.7 Å². The van der Waals surface area contributed by atoms with E-state index < -0.39 is 5.91 Å². The van der Waals surface area contributed by atoms with Crippen LogP contribution in [0, 0.1) is 24.7 Å². The van der Waals surface area contributed by atoms with Gasteiger partial charge in [0, 0.05) is 16.7 Å². The molecule has 4 aliphatic carbocycles. The zero-order chi connectivity index (χ0) is 17.1. The molecule has 0 aromatic heterocycles. The highest BCUT2D eigenvalue weighted by molar-refractivity contribution is 6.01. The van der Waals surface area contributed by atoms with Gasteiger partial charge >= 0.3 is 0 Å². The first-order valence-electron chi connectivity index (χ1n) is 8.82. The first-order chi connectivity index (χ1) is 11.4. The Morgan fingerprint density at radius 3 is 2.08 bits per heavy atom. The Labute approximate surface area is 141 Å². The van der Waals surface area contributed by atoms with Crippen LogP contribution in [0.5, 0.6) is 5.75 Å². The highest BCUT2D eigenvalue weighted by Gasteiger charge is 2.51. The number of hydrogen-bond donors (Lipinski definition) is 3. The molecule has 4 bridgehead atoms. The second-order valence-electron chi connectivity index (χ2n) is 8.15. The molecule has 0 unspecified atom stereocenters. The minimum atomic E-state index is -0.601. The molecule has 0 aliphatic heterocycles. The molecule has 1 aromatic rings. The SMILES string of the molecule is Cc1c(C(N)=O)ccc(C(=O)NC23CC4CC(CC(C4)C2)C3)c1O. The maximum absolute atomic E-state index is 12.8. The molecule has 4 fully saturated rings. The second-order valence-corrected chi connectivity index (χ2v) is 8.15. The summed E-state index contributed by atoms with van der Waals surface area (Å²) in [5.74, 6) is 1.23. The van der Waals surface area contributed by atoms with E-state index in [1.54, 1.807) is 6.92 Å². The van der Waals surface area contributed by atoms with Gasteiger partial charge in [0.05, 0.1) is 5.56 Å². The van der Waals surface area contributed by atoms with Gasteiger partial charge in [0.2, 0.25) is 5.91 Å². The highest BCUT2D eigenvalue weighted by Crippen LogP contribution is 2.55. The number of aromatic hydroxyl groups is 1. The zero-order valence-electron chi connectivity index (χ0n) is 14.0. The number of carbonyl (C=O) groups is 2. The molecule has 2 amide bonds. The van der Waals surface area contributed by atoms with Crippen molar-refractivity contribution in [1.29, 1.82) is 0 Å². The van der Waals surface area contributed by atoms with Crippen LogP contribution in [0.3, 0.4) is 0 Å². The van der Waals surface area contributed by atoms with Crippen molar-refractivity contribution in [3.8, 4) is 5.75 Å². The maximum atomic E-state index is 12.8. The third-order valence-corrected chi connectivity index (χ3v) is 6.36. The summed E-state index contributed by atoms with van der Waals surface area (Å²) in [7, 11) is 0. The van der Waals surface area contributed by atoms with E-state index in [2.05, 4.69) is 5.32 Å². The van der Waals surface area contributed by atoms with Gasteiger partial charge in [0.15, 0.2) is 0 Å². The molecule has 5 heteroatoms. The molecule has 0 radical (unpaired) electrons. The molecule has 0 saturated heterocycles. The maximum Gasteiger partial charge on any atom is 0.255 e. The van der Waals surface area contributed by atoms with Crippen molar-refractivity contribution in [2.45, 2.75) is 51.0 Å². The monoisotopic (exact) mass is 328 g/mol. The molecular weight excluding hydrogens is 304 g/mol. The van der Waals surface area contributed by atoms with Crippen LogP contribution in [0.4, 0.5) is 0 Å². The lowest BCUT2D eigenvalue weighted by Gasteiger charge is -2.56. The van der Waals surface area contributed by atoms with Crippen molar-refractivity contribution in [3.63, 3.8) is 0 Å². The highest BCUT2D eigenvalue weighted by atomic mass is 16.3. The molecule has 4 aliphatic rings. The Morgan fingerprint density at radius 2 is 1.58 bits per heavy atom. The van der Waals surface area contributed by atoms with E-state index in [1.807, 2.05) is 0 Å². The molecule has 128 valence electrons. The Balaban J connectivity index is 1.59. The third-order valence-electron chi connectivity index (χ3n) is 6.36. The summed E-state index contributed by atoms with van der Waals surface area (Å²) >= 11 is 0. The predicted octanol–water partition coefficient (Wildman–Crippen LogP) is 2.50. The number of benzene rings is 1. The van der Waals surface area contributed by atoms with Gasteiger partial charge in [-0.3, -0.25) is 9.59 Å². The minimum Gasteiger partial charge on any atom is -0.507 e. The molecule has 0 spiro atoms. The van der Waals surface area contributed by atoms with E-state index in [4.69, 9.17) is 5.73 Å². The van der Waals surface area contributed by atoms with E-state index in [1.165, 1.54) is 31.4 Å². The van der Waals surface area contributed by atoms with Crippen molar-refractivity contribution in [3.05, 3.63) is 28.8 Å². The fraction of sp³-hybridized carbons (Fsp3) is 0.579. The quantitative estimate of drug-likeness (QED) is 0.796. The number of rotatable bonds is 3. The van der Waals surface area contributed by atoms with Gasteiger partial charge in [0.25, 0.3) is 5.91 Å². The van der Waals surface area contributed by atoms with Gasteiger partial charge in [-0.25, -0.2) is 0 Å². The number of primary amides is 1. The Kier molecular flexibility index (Phi) is 3.37. The normalized spacial score (nSPS) is 33.5. The summed E-state index contributed by atoms with van der Waals surface area (Å²) < 4.78 is 0. The van der Waals surface area contributed by atoms with Crippen LogP contribution in [-0.2, 0) is 0 Å². The van der Waals surface area contributed by atoms with Gasteiger partial charge < -0.3 is 16.2 Å². The predicted molar refractivity (Wildman–Crippen MR) is 89.7 cm³/mol. The third kappa shape index (κ3) is 2.38. The van der Waals surface area contributed by atoms with E-state index in [-0.39, 0.29) is 28.3 Å². The number of amides is 2. The van der Waals surface area contributed by atoms with Crippen LogP contribution in [-0.4, -0.2) is 22.5 Å². The number of carbonyl (C=O) groups excluding carboxylic acids is 2. The average molecular weight is 328 g/mol. The molecule has 1 aromatic carbocycles. The van der Waals surface area contributed by atoms with Crippen LogP contribution in [0.25, 0.3) is 0 Å². The van der Waals surface area contributed by atoms with E-state index in [0.717, 1.165) is 37.0 Å². The fourth-order valence-electron chi connectivity index (χ4n) is 5.72. The van der Waals surface area contributed by atoms with Crippen LogP contribution < -0.4 is 11.1 Å². The number of phenolic OH excluding ortho intramolecular Hbond substituents is 1. The lowest BCUT2D eigenvalue weighted by molar-refractivity contribution is -0.0167. The summed E-state index contributed by atoms with van der Waals surface area (Å²) in [6.45, 7) is 1.61. The molecule has 0 heterocycles. The standard InChI is InChI=1S/C19H24N2O3/c1-10-14(17(20)23)2-3-15(16(10)22)18(24)21-19-7-11-4-12(8-19)6-13(5-11)9-19/h2-3,11-13,22H,4-9H2,1H3,(H2,20,23)(H,21,24). The largest absolute Gasteiger partial charge is 0.507 e. The van der Waals surface area contributed by atoms with Crippen molar-refractivity contribution in [1.82, 2.24) is 5.32 Å². The molecule has 5 nitrogen and oxygen atoms in total. The van der Waals surface area contributed by atoms with Gasteiger partial charge in [-0.15, -0.1) is 0 Å². The van der Waals surface area contributed by atoms with Gasteiger partial charge in [-0.05, 0) is 75.3 Å². The zero-order valence-corrected chi connectivity index (χ0v) is 14.0. The summed E-state index contributed by atoms with van der Waals surface area (Å²) in [4.78, 5) is 24.2. The Bertz CT molecular complexity index is 690. The number of hydrogen-bond acceptors (Lipinski definition) is 3. The molecule has 24 heavy (non-hydrogen) atoms. The lowest BCUT2D eigenvalue weighted by Crippen LogP contribution is -2.59. The van der Waals surface area contributed by atoms with Gasteiger partial charge in [-0.2, -0.15) is 0 Å². The van der Waals surface area contributed by atoms with Crippen molar-refractivity contribution in [2.24, 2.45) is 23.5 Å². The summed E-state index contributed by atoms with van der Waals surface area (Å²) in [5, 5.41) is 13.6. The molecule has 0 atom stereocenters. The van der Waals surface area contributed by atoms with E-state index >= 15 is 0 Å². The number of nitrogens with one attached hydrogen (secondary N) is 1. The molecule has 4 N–H and O–H groups in total.